The number of thioether (sulfide) groups is 1. The van der Waals surface area contributed by atoms with Gasteiger partial charge >= 0.3 is 0 Å². The average molecular weight is 339 g/mol. The molecule has 3 aromatic rings. The molecule has 0 N–H and O–H groups in total. The molecule has 0 aliphatic carbocycles. The summed E-state index contributed by atoms with van der Waals surface area (Å²) in [5.41, 5.74) is 3.51. The maximum absolute atomic E-state index is 4.75. The third kappa shape index (κ3) is 4.33. The number of rotatable bonds is 6. The Hall–Kier alpha value is -1.85. The minimum Gasteiger partial charge on any atom is -0.255 e. The molecule has 0 fully saturated rings. The van der Waals surface area contributed by atoms with E-state index >= 15 is 0 Å². The molecule has 0 aliphatic rings. The molecule has 3 heterocycles. The lowest BCUT2D eigenvalue weighted by atomic mass is 10.2. The predicted octanol–water partition coefficient (Wildman–Crippen LogP) is 4.62. The van der Waals surface area contributed by atoms with Crippen LogP contribution in [0.4, 0.5) is 0 Å². The van der Waals surface area contributed by atoms with Crippen molar-refractivity contribution >= 4 is 24.4 Å². The van der Waals surface area contributed by atoms with Gasteiger partial charge in [0, 0.05) is 17.3 Å². The lowest BCUT2D eigenvalue weighted by molar-refractivity contribution is 1.12. The van der Waals surface area contributed by atoms with Gasteiger partial charge in [-0.3, -0.25) is 9.97 Å². The molecule has 3 nitrogen and oxygen atoms in total. The van der Waals surface area contributed by atoms with Crippen LogP contribution in [0.2, 0.25) is 0 Å². The molecule has 0 saturated carbocycles. The van der Waals surface area contributed by atoms with Crippen LogP contribution in [-0.4, -0.2) is 26.5 Å². The Kier molecular flexibility index (Phi) is 5.66. The summed E-state index contributed by atoms with van der Waals surface area (Å²) in [7, 11) is 0. The number of aromatic nitrogens is 3. The van der Waals surface area contributed by atoms with Gasteiger partial charge in [-0.2, -0.15) is 12.6 Å². The number of thiol groups is 1. The number of pyridine rings is 3. The fourth-order valence-corrected chi connectivity index (χ4v) is 3.42. The summed E-state index contributed by atoms with van der Waals surface area (Å²) in [4.78, 5) is 14.8. The van der Waals surface area contributed by atoms with E-state index in [1.54, 1.807) is 12.4 Å². The Morgan fingerprint density at radius 1 is 0.826 bits per heavy atom. The van der Waals surface area contributed by atoms with Crippen molar-refractivity contribution in [3.8, 4) is 22.8 Å². The van der Waals surface area contributed by atoms with Crippen molar-refractivity contribution in [3.05, 3.63) is 60.9 Å². The summed E-state index contributed by atoms with van der Waals surface area (Å²) in [5.74, 6) is 1.94. The molecule has 0 amide bonds. The second-order valence-corrected chi connectivity index (χ2v) is 6.54. The summed E-state index contributed by atoms with van der Waals surface area (Å²) < 4.78 is 0. The van der Waals surface area contributed by atoms with Gasteiger partial charge in [0.25, 0.3) is 0 Å². The largest absolute Gasteiger partial charge is 0.255 e. The minimum absolute atomic E-state index is 0.876. The first-order valence-corrected chi connectivity index (χ1v) is 9.07. The van der Waals surface area contributed by atoms with Gasteiger partial charge in [-0.15, -0.1) is 11.8 Å². The Balaban J connectivity index is 2.00. The van der Waals surface area contributed by atoms with Crippen molar-refractivity contribution in [1.82, 2.24) is 15.0 Å². The van der Waals surface area contributed by atoms with Crippen LogP contribution in [0.3, 0.4) is 0 Å². The zero-order valence-corrected chi connectivity index (χ0v) is 14.3. The smallest absolute Gasteiger partial charge is 0.0905 e. The van der Waals surface area contributed by atoms with E-state index in [2.05, 4.69) is 34.7 Å². The van der Waals surface area contributed by atoms with Crippen LogP contribution in [-0.2, 0) is 0 Å². The predicted molar refractivity (Wildman–Crippen MR) is 99.9 cm³/mol. The minimum atomic E-state index is 0.876. The number of hydrogen-bond donors (Lipinski definition) is 1. The SMILES string of the molecule is SCCCSc1cc(-c2ccccn2)nc(-c2ccccn2)c1. The highest BCUT2D eigenvalue weighted by atomic mass is 32.2. The molecule has 3 rings (SSSR count). The fourth-order valence-electron chi connectivity index (χ4n) is 2.13. The van der Waals surface area contributed by atoms with E-state index in [1.165, 1.54) is 4.90 Å². The number of hydrogen-bond acceptors (Lipinski definition) is 5. The van der Waals surface area contributed by atoms with Crippen LogP contribution >= 0.6 is 24.4 Å². The molecule has 116 valence electrons. The Morgan fingerprint density at radius 3 is 1.91 bits per heavy atom. The molecule has 0 radical (unpaired) electrons. The molecular formula is C18H17N3S2. The first-order chi connectivity index (χ1) is 11.4. The lowest BCUT2D eigenvalue weighted by Crippen LogP contribution is -1.93. The van der Waals surface area contributed by atoms with Crippen LogP contribution in [0.15, 0.2) is 65.8 Å². The average Bonchev–Trinajstić information content (AvgIpc) is 2.63. The first kappa shape index (κ1) is 16.0. The molecular weight excluding hydrogens is 322 g/mol. The van der Waals surface area contributed by atoms with Gasteiger partial charge in [0.1, 0.15) is 0 Å². The van der Waals surface area contributed by atoms with Gasteiger partial charge in [-0.25, -0.2) is 4.98 Å². The van der Waals surface area contributed by atoms with Crippen LogP contribution in [0, 0.1) is 0 Å². The molecule has 5 heteroatoms. The van der Waals surface area contributed by atoms with Gasteiger partial charge < -0.3 is 0 Å². The van der Waals surface area contributed by atoms with E-state index in [0.29, 0.717) is 0 Å². The maximum Gasteiger partial charge on any atom is 0.0905 e. The van der Waals surface area contributed by atoms with Crippen LogP contribution in [0.25, 0.3) is 22.8 Å². The normalized spacial score (nSPS) is 10.7. The fraction of sp³-hybridized carbons (Fsp3) is 0.167. The molecule has 0 aliphatic heterocycles. The monoisotopic (exact) mass is 339 g/mol. The highest BCUT2D eigenvalue weighted by Crippen LogP contribution is 2.28. The summed E-state index contributed by atoms with van der Waals surface area (Å²) in [5, 5.41) is 0. The third-order valence-corrected chi connectivity index (χ3v) is 4.60. The first-order valence-electron chi connectivity index (χ1n) is 7.45. The molecule has 0 aromatic carbocycles. The second-order valence-electron chi connectivity index (χ2n) is 4.93. The zero-order chi connectivity index (χ0) is 15.9. The van der Waals surface area contributed by atoms with Crippen molar-refractivity contribution < 1.29 is 0 Å². The van der Waals surface area contributed by atoms with E-state index in [1.807, 2.05) is 48.2 Å². The van der Waals surface area contributed by atoms with Gasteiger partial charge in [-0.1, -0.05) is 12.1 Å². The lowest BCUT2D eigenvalue weighted by Gasteiger charge is -2.08. The molecule has 0 unspecified atom stereocenters. The van der Waals surface area contributed by atoms with Gasteiger partial charge in [0.05, 0.1) is 22.8 Å². The van der Waals surface area contributed by atoms with Crippen molar-refractivity contribution in [2.45, 2.75) is 11.3 Å². The van der Waals surface area contributed by atoms with Gasteiger partial charge in [-0.05, 0) is 54.3 Å². The summed E-state index contributed by atoms with van der Waals surface area (Å²) in [6.45, 7) is 0. The highest BCUT2D eigenvalue weighted by Gasteiger charge is 2.09. The van der Waals surface area contributed by atoms with E-state index in [0.717, 1.165) is 40.7 Å². The third-order valence-electron chi connectivity index (χ3n) is 3.22. The van der Waals surface area contributed by atoms with Crippen LogP contribution < -0.4 is 0 Å². The van der Waals surface area contributed by atoms with E-state index in [4.69, 9.17) is 4.98 Å². The van der Waals surface area contributed by atoms with Crippen LogP contribution in [0.1, 0.15) is 6.42 Å². The summed E-state index contributed by atoms with van der Waals surface area (Å²) in [6.07, 6.45) is 4.66. The molecule has 23 heavy (non-hydrogen) atoms. The van der Waals surface area contributed by atoms with Crippen molar-refractivity contribution in [2.75, 3.05) is 11.5 Å². The van der Waals surface area contributed by atoms with E-state index in [9.17, 15) is 0 Å². The Bertz CT molecular complexity index is 691. The maximum atomic E-state index is 4.75. The van der Waals surface area contributed by atoms with Crippen molar-refractivity contribution in [3.63, 3.8) is 0 Å². The topological polar surface area (TPSA) is 38.7 Å². The number of nitrogens with zero attached hydrogens (tertiary/aromatic N) is 3. The van der Waals surface area contributed by atoms with Gasteiger partial charge in [0.2, 0.25) is 0 Å². The van der Waals surface area contributed by atoms with Gasteiger partial charge in [0.15, 0.2) is 0 Å². The van der Waals surface area contributed by atoms with Crippen molar-refractivity contribution in [1.29, 1.82) is 0 Å². The Labute approximate surface area is 146 Å². The summed E-state index contributed by atoms with van der Waals surface area (Å²) in [6, 6.07) is 15.9. The molecule has 0 spiro atoms. The van der Waals surface area contributed by atoms with Crippen molar-refractivity contribution in [2.24, 2.45) is 0 Å². The van der Waals surface area contributed by atoms with E-state index in [-0.39, 0.29) is 0 Å². The Morgan fingerprint density at radius 2 is 1.43 bits per heavy atom. The van der Waals surface area contributed by atoms with E-state index < -0.39 is 0 Å². The summed E-state index contributed by atoms with van der Waals surface area (Å²) >= 11 is 6.09. The second kappa shape index (κ2) is 8.13. The standard InChI is InChI=1S/C18H17N3S2/c22-10-5-11-23-14-12-17(15-6-1-3-8-19-15)21-18(13-14)16-7-2-4-9-20-16/h1-4,6-9,12-13,22H,5,10-11H2. The van der Waals surface area contributed by atoms with Crippen LogP contribution in [0.5, 0.6) is 0 Å². The molecule has 0 saturated heterocycles. The molecule has 0 atom stereocenters. The zero-order valence-electron chi connectivity index (χ0n) is 12.6. The quantitative estimate of drug-likeness (QED) is 0.404. The molecule has 3 aromatic heterocycles. The molecule has 0 bridgehead atoms. The highest BCUT2D eigenvalue weighted by molar-refractivity contribution is 7.99.